The second kappa shape index (κ2) is 13.5. The number of piperidine rings is 1. The number of hydrogen-bond donors (Lipinski definition) is 2. The Kier molecular flexibility index (Phi) is 11.0. The van der Waals surface area contributed by atoms with E-state index in [2.05, 4.69) is 19.9 Å². The number of carbonyl (C=O) groups excluding carboxylic acids is 1. The van der Waals surface area contributed by atoms with E-state index in [0.29, 0.717) is 21.5 Å². The van der Waals surface area contributed by atoms with Crippen LogP contribution in [0.3, 0.4) is 0 Å². The lowest BCUT2D eigenvalue weighted by Crippen LogP contribution is -2.44. The minimum absolute atomic E-state index is 0. The van der Waals surface area contributed by atoms with Crippen molar-refractivity contribution < 1.29 is 13.2 Å². The molecule has 4 rings (SSSR count). The fourth-order valence-corrected chi connectivity index (χ4v) is 6.44. The number of thioether (sulfide) groups is 1. The van der Waals surface area contributed by atoms with Crippen LogP contribution in [0.15, 0.2) is 52.2 Å². The number of thiazole rings is 1. The summed E-state index contributed by atoms with van der Waals surface area (Å²) < 4.78 is 25.9. The maximum Gasteiger partial charge on any atom is 0.230 e. The van der Waals surface area contributed by atoms with E-state index >= 15 is 0 Å². The van der Waals surface area contributed by atoms with Crippen LogP contribution < -0.4 is 10.0 Å². The van der Waals surface area contributed by atoms with Gasteiger partial charge in [0.15, 0.2) is 4.34 Å². The smallest absolute Gasteiger partial charge is 0.230 e. The van der Waals surface area contributed by atoms with E-state index in [-0.39, 0.29) is 24.4 Å². The van der Waals surface area contributed by atoms with Gasteiger partial charge in [0.25, 0.3) is 0 Å². The molecule has 2 N–H and O–H groups in total. The maximum atomic E-state index is 12.5. The van der Waals surface area contributed by atoms with Crippen LogP contribution >= 0.6 is 58.7 Å². The fourth-order valence-electron chi connectivity index (χ4n) is 3.91. The van der Waals surface area contributed by atoms with Gasteiger partial charge in [0.2, 0.25) is 15.9 Å². The van der Waals surface area contributed by atoms with Gasteiger partial charge >= 0.3 is 0 Å². The number of amides is 1. The van der Waals surface area contributed by atoms with Gasteiger partial charge in [-0.25, -0.2) is 13.4 Å². The van der Waals surface area contributed by atoms with Crippen molar-refractivity contribution in [3.63, 3.8) is 0 Å². The van der Waals surface area contributed by atoms with E-state index in [1.165, 1.54) is 23.1 Å². The number of sulfonamides is 1. The Labute approximate surface area is 241 Å². The van der Waals surface area contributed by atoms with Crippen LogP contribution in [-0.4, -0.2) is 55.3 Å². The molecule has 0 spiro atoms. The van der Waals surface area contributed by atoms with Crippen LogP contribution in [-0.2, 0) is 21.4 Å². The molecular weight excluding hydrogens is 595 g/mol. The first kappa shape index (κ1) is 30.0. The van der Waals surface area contributed by atoms with Gasteiger partial charge in [-0.05, 0) is 42.7 Å². The molecule has 0 atom stereocenters. The van der Waals surface area contributed by atoms with E-state index in [9.17, 15) is 13.2 Å². The summed E-state index contributed by atoms with van der Waals surface area (Å²) in [4.78, 5) is 19.5. The molecule has 1 saturated heterocycles. The second-order valence-electron chi connectivity index (χ2n) is 8.61. The third-order valence-corrected chi connectivity index (χ3v) is 9.00. The predicted octanol–water partition coefficient (Wildman–Crippen LogP) is 5.78. The number of nitrogens with zero attached hydrogens (tertiary/aromatic N) is 2. The summed E-state index contributed by atoms with van der Waals surface area (Å²) in [5.74, 6) is 0.323. The van der Waals surface area contributed by atoms with Crippen LogP contribution in [0.5, 0.6) is 0 Å². The zero-order valence-electron chi connectivity index (χ0n) is 19.9. The number of benzene rings is 2. The first-order valence-electron chi connectivity index (χ1n) is 11.3. The van der Waals surface area contributed by atoms with E-state index < -0.39 is 10.0 Å². The summed E-state index contributed by atoms with van der Waals surface area (Å²) in [5, 5.41) is 6.21. The highest BCUT2D eigenvalue weighted by Gasteiger charge is 2.21. The number of nitrogens with one attached hydrogen (secondary N) is 2. The zero-order valence-corrected chi connectivity index (χ0v) is 24.7. The minimum atomic E-state index is -3.31. The molecule has 1 aliphatic heterocycles. The van der Waals surface area contributed by atoms with Crippen molar-refractivity contribution in [1.82, 2.24) is 15.2 Å². The summed E-state index contributed by atoms with van der Waals surface area (Å²) in [6.07, 6.45) is 2.93. The first-order valence-corrected chi connectivity index (χ1v) is 15.8. The Morgan fingerprint density at radius 1 is 1.14 bits per heavy atom. The van der Waals surface area contributed by atoms with Gasteiger partial charge in [-0.1, -0.05) is 53.2 Å². The Hall–Kier alpha value is -1.53. The second-order valence-corrected chi connectivity index (χ2v) is 13.2. The van der Waals surface area contributed by atoms with E-state index in [4.69, 9.17) is 23.2 Å². The third-order valence-electron chi connectivity index (χ3n) is 5.64. The topological polar surface area (TPSA) is 91.4 Å². The number of likely N-dealkylation sites (tertiary alicyclic amines) is 1. The minimum Gasteiger partial charge on any atom is -0.353 e. The van der Waals surface area contributed by atoms with Gasteiger partial charge in [-0.15, -0.1) is 23.7 Å². The molecule has 0 radical (unpaired) electrons. The largest absolute Gasteiger partial charge is 0.353 e. The lowest BCUT2D eigenvalue weighted by molar-refractivity contribution is -0.119. The van der Waals surface area contributed by atoms with Crippen LogP contribution in [0.2, 0.25) is 10.0 Å². The molecule has 0 bridgehead atoms. The molecule has 200 valence electrons. The first-order chi connectivity index (χ1) is 17.1. The lowest BCUT2D eigenvalue weighted by atomic mass is 10.0. The fraction of sp³-hybridized carbons (Fsp3) is 0.333. The van der Waals surface area contributed by atoms with E-state index in [1.807, 2.05) is 35.7 Å². The Morgan fingerprint density at radius 3 is 2.49 bits per heavy atom. The summed E-state index contributed by atoms with van der Waals surface area (Å²) in [5.41, 5.74) is 3.31. The molecule has 1 aromatic heterocycles. The lowest BCUT2D eigenvalue weighted by Gasteiger charge is -2.32. The highest BCUT2D eigenvalue weighted by molar-refractivity contribution is 8.01. The average Bonchev–Trinajstić information content (AvgIpc) is 3.30. The molecule has 0 saturated carbocycles. The summed E-state index contributed by atoms with van der Waals surface area (Å²) >= 11 is 15.0. The van der Waals surface area contributed by atoms with Crippen molar-refractivity contribution in [1.29, 1.82) is 0 Å². The van der Waals surface area contributed by atoms with Crippen LogP contribution in [0.25, 0.3) is 11.3 Å². The Bertz CT molecular complexity index is 1310. The van der Waals surface area contributed by atoms with Gasteiger partial charge < -0.3 is 5.32 Å². The summed E-state index contributed by atoms with van der Waals surface area (Å²) in [7, 11) is -3.31. The van der Waals surface area contributed by atoms with Crippen molar-refractivity contribution in [3.05, 3.63) is 63.5 Å². The number of aromatic nitrogens is 1. The predicted molar refractivity (Wildman–Crippen MR) is 157 cm³/mol. The number of carbonyl (C=O) groups is 1. The summed E-state index contributed by atoms with van der Waals surface area (Å²) in [6.45, 7) is 2.63. The van der Waals surface area contributed by atoms with Crippen molar-refractivity contribution >= 4 is 80.3 Å². The highest BCUT2D eigenvalue weighted by Crippen LogP contribution is 2.29. The summed E-state index contributed by atoms with van der Waals surface area (Å²) in [6, 6.07) is 12.9. The quantitative estimate of drug-likeness (QED) is 0.294. The van der Waals surface area contributed by atoms with Gasteiger partial charge in [-0.3, -0.25) is 14.4 Å². The number of rotatable bonds is 9. The molecule has 37 heavy (non-hydrogen) atoms. The van der Waals surface area contributed by atoms with Crippen molar-refractivity contribution in [2.75, 3.05) is 29.8 Å². The van der Waals surface area contributed by atoms with Crippen molar-refractivity contribution in [3.8, 4) is 11.3 Å². The number of halogens is 3. The van der Waals surface area contributed by atoms with E-state index in [0.717, 1.165) is 59.9 Å². The van der Waals surface area contributed by atoms with Crippen molar-refractivity contribution in [2.45, 2.75) is 29.8 Å². The van der Waals surface area contributed by atoms with Crippen LogP contribution in [0, 0.1) is 0 Å². The van der Waals surface area contributed by atoms with Crippen LogP contribution in [0.1, 0.15) is 18.4 Å². The van der Waals surface area contributed by atoms with Crippen molar-refractivity contribution in [2.24, 2.45) is 0 Å². The molecule has 1 fully saturated rings. The molecule has 2 aromatic carbocycles. The highest BCUT2D eigenvalue weighted by atomic mass is 35.5. The molecule has 7 nitrogen and oxygen atoms in total. The van der Waals surface area contributed by atoms with Crippen LogP contribution in [0.4, 0.5) is 5.69 Å². The SMILES string of the molecule is CS(=O)(=O)Nc1ccc(-c2csc(SCC(=O)NC3CCN(Cc4ccc(Cl)c(Cl)c4)CC3)n2)cc1.Cl. The normalized spacial score (nSPS) is 14.7. The van der Waals surface area contributed by atoms with Gasteiger partial charge in [-0.2, -0.15) is 0 Å². The molecule has 0 aliphatic carbocycles. The van der Waals surface area contributed by atoms with Gasteiger partial charge in [0.05, 0.1) is 27.7 Å². The Balaban J connectivity index is 0.00000380. The third kappa shape index (κ3) is 9.31. The molecule has 0 unspecified atom stereocenters. The Morgan fingerprint density at radius 2 is 1.84 bits per heavy atom. The monoisotopic (exact) mass is 620 g/mol. The zero-order chi connectivity index (χ0) is 25.7. The van der Waals surface area contributed by atoms with E-state index in [1.54, 1.807) is 12.1 Å². The molecule has 1 aliphatic rings. The number of anilines is 1. The van der Waals surface area contributed by atoms with Gasteiger partial charge in [0.1, 0.15) is 0 Å². The number of hydrogen-bond acceptors (Lipinski definition) is 7. The molecule has 2 heterocycles. The molecule has 3 aromatic rings. The standard InChI is InChI=1S/C24H26Cl2N4O3S3.ClH/c1-36(32,33)29-19-5-3-17(4-6-19)22-14-34-24(28-22)35-15-23(31)27-18-8-10-30(11-9-18)13-16-2-7-20(25)21(26)12-16;/h2-7,12,14,18,29H,8-11,13,15H2,1H3,(H,27,31);1H. The molecular formula is C24H27Cl3N4O3S3. The maximum absolute atomic E-state index is 12.5. The van der Waals surface area contributed by atoms with Gasteiger partial charge in [0, 0.05) is 42.3 Å². The molecule has 1 amide bonds. The average molecular weight is 622 g/mol. The molecule has 13 heteroatoms.